The number of imidazole rings is 1. The summed E-state index contributed by atoms with van der Waals surface area (Å²) >= 11 is 4.54. The fourth-order valence-electron chi connectivity index (χ4n) is 2.29. The Hall–Kier alpha value is -1.94. The molecule has 0 aliphatic carbocycles. The van der Waals surface area contributed by atoms with Crippen LogP contribution < -0.4 is 0 Å². The minimum atomic E-state index is -4.48. The summed E-state index contributed by atoms with van der Waals surface area (Å²) in [5, 5.41) is 4.06. The number of rotatable bonds is 1. The first kappa shape index (κ1) is 14.6. The molecule has 118 valence electrons. The fourth-order valence-corrected chi connectivity index (χ4v) is 3.51. The molecule has 4 aromatic rings. The molecule has 0 aromatic carbocycles. The summed E-state index contributed by atoms with van der Waals surface area (Å²) in [6, 6.07) is 2.32. The highest BCUT2D eigenvalue weighted by Gasteiger charge is 2.34. The minimum Gasteiger partial charge on any atom is -0.436 e. The van der Waals surface area contributed by atoms with Crippen LogP contribution in [0.2, 0.25) is 0 Å². The Morgan fingerprint density at radius 3 is 2.74 bits per heavy atom. The Kier molecular flexibility index (Phi) is 3.04. The van der Waals surface area contributed by atoms with Crippen LogP contribution in [0.5, 0.6) is 0 Å². The van der Waals surface area contributed by atoms with E-state index in [1.165, 1.54) is 28.8 Å². The van der Waals surface area contributed by atoms with E-state index in [1.54, 1.807) is 6.20 Å². The van der Waals surface area contributed by atoms with Gasteiger partial charge in [0.1, 0.15) is 5.69 Å². The van der Waals surface area contributed by atoms with Gasteiger partial charge in [0.25, 0.3) is 0 Å². The van der Waals surface area contributed by atoms with Gasteiger partial charge >= 0.3 is 6.18 Å². The summed E-state index contributed by atoms with van der Waals surface area (Å²) in [5.41, 5.74) is -0.183. The third kappa shape index (κ3) is 2.41. The van der Waals surface area contributed by atoms with Crippen LogP contribution in [0.25, 0.3) is 27.5 Å². The summed E-state index contributed by atoms with van der Waals surface area (Å²) in [4.78, 5) is 8.93. The molecule has 0 atom stereocenters. The Labute approximate surface area is 138 Å². The maximum atomic E-state index is 13.2. The number of alkyl halides is 3. The van der Waals surface area contributed by atoms with E-state index in [2.05, 4.69) is 31.0 Å². The molecule has 4 aromatic heterocycles. The topological polar surface area (TPSA) is 56.2 Å². The summed E-state index contributed by atoms with van der Waals surface area (Å²) in [7, 11) is 0. The maximum Gasteiger partial charge on any atom is 0.417 e. The van der Waals surface area contributed by atoms with Crippen LogP contribution in [0.4, 0.5) is 13.2 Å². The first-order chi connectivity index (χ1) is 10.8. The highest BCUT2D eigenvalue weighted by molar-refractivity contribution is 9.11. The van der Waals surface area contributed by atoms with Crippen molar-refractivity contribution in [1.82, 2.24) is 19.6 Å². The molecule has 0 saturated carbocycles. The van der Waals surface area contributed by atoms with Gasteiger partial charge in [0.05, 0.1) is 17.1 Å². The minimum absolute atomic E-state index is 0.0576. The molecule has 4 heterocycles. The van der Waals surface area contributed by atoms with Gasteiger partial charge in [-0.15, -0.1) is 5.10 Å². The molecule has 5 nitrogen and oxygen atoms in total. The van der Waals surface area contributed by atoms with Gasteiger partial charge in [-0.05, 0) is 35.0 Å². The lowest BCUT2D eigenvalue weighted by atomic mass is 10.1. The van der Waals surface area contributed by atoms with E-state index in [0.717, 1.165) is 6.07 Å². The van der Waals surface area contributed by atoms with Crippen LogP contribution in [-0.4, -0.2) is 19.6 Å². The standard InChI is InChI=1S/C13H6BrF3N4OS/c1-5-2-7(13(15,16)17)6-3-9(22-10(6)18-5)8-4-21-12(19-8)23-11(14)20-21/h2-4H,1H3. The average Bonchev–Trinajstić information content (AvgIpc) is 3.07. The molecule has 23 heavy (non-hydrogen) atoms. The van der Waals surface area contributed by atoms with Gasteiger partial charge in [-0.2, -0.15) is 13.2 Å². The number of nitrogens with zero attached hydrogens (tertiary/aromatic N) is 4. The van der Waals surface area contributed by atoms with E-state index in [-0.39, 0.29) is 22.6 Å². The van der Waals surface area contributed by atoms with Crippen molar-refractivity contribution in [2.24, 2.45) is 0 Å². The zero-order valence-corrected chi connectivity index (χ0v) is 13.8. The fraction of sp³-hybridized carbons (Fsp3) is 0.154. The van der Waals surface area contributed by atoms with Gasteiger partial charge in [0, 0.05) is 5.69 Å². The van der Waals surface area contributed by atoms with Crippen LogP contribution in [0, 0.1) is 6.92 Å². The molecule has 0 radical (unpaired) electrons. The smallest absolute Gasteiger partial charge is 0.417 e. The Balaban J connectivity index is 1.92. The Bertz CT molecular complexity index is 1020. The third-order valence-corrected chi connectivity index (χ3v) is 4.57. The van der Waals surface area contributed by atoms with Gasteiger partial charge in [0.2, 0.25) is 10.7 Å². The van der Waals surface area contributed by atoms with E-state index in [0.29, 0.717) is 14.6 Å². The van der Waals surface area contributed by atoms with Gasteiger partial charge in [-0.1, -0.05) is 11.3 Å². The Morgan fingerprint density at radius 1 is 1.26 bits per heavy atom. The van der Waals surface area contributed by atoms with E-state index in [4.69, 9.17) is 4.42 Å². The molecule has 0 aliphatic heterocycles. The number of hydrogen-bond donors (Lipinski definition) is 0. The summed E-state index contributed by atoms with van der Waals surface area (Å²) < 4.78 is 47.2. The van der Waals surface area contributed by atoms with Crippen LogP contribution in [0.15, 0.2) is 26.7 Å². The van der Waals surface area contributed by atoms with E-state index in [9.17, 15) is 13.2 Å². The molecule has 4 rings (SSSR count). The molecule has 0 amide bonds. The summed E-state index contributed by atoms with van der Waals surface area (Å²) in [5.74, 6) is 0.220. The molecule has 10 heteroatoms. The summed E-state index contributed by atoms with van der Waals surface area (Å²) in [6.45, 7) is 1.49. The normalized spacial score (nSPS) is 12.6. The van der Waals surface area contributed by atoms with Crippen LogP contribution in [0.1, 0.15) is 11.3 Å². The molecule has 0 N–H and O–H groups in total. The predicted molar refractivity (Wildman–Crippen MR) is 81.3 cm³/mol. The number of halogens is 4. The van der Waals surface area contributed by atoms with Crippen LogP contribution in [0.3, 0.4) is 0 Å². The average molecular weight is 403 g/mol. The van der Waals surface area contributed by atoms with E-state index < -0.39 is 11.7 Å². The molecule has 0 aliphatic rings. The van der Waals surface area contributed by atoms with Crippen molar-refractivity contribution in [3.8, 4) is 11.5 Å². The van der Waals surface area contributed by atoms with Gasteiger partial charge in [0.15, 0.2) is 9.68 Å². The number of pyridine rings is 1. The van der Waals surface area contributed by atoms with Crippen molar-refractivity contribution in [3.05, 3.63) is 33.5 Å². The highest BCUT2D eigenvalue weighted by atomic mass is 79.9. The second-order valence-electron chi connectivity index (χ2n) is 4.85. The quantitative estimate of drug-likeness (QED) is 0.463. The lowest BCUT2D eigenvalue weighted by Crippen LogP contribution is -2.06. The van der Waals surface area contributed by atoms with Crippen molar-refractivity contribution in [2.45, 2.75) is 13.1 Å². The number of aromatic nitrogens is 4. The predicted octanol–water partition coefficient (Wildman–Crippen LogP) is 4.69. The first-order valence-corrected chi connectivity index (χ1v) is 7.93. The van der Waals surface area contributed by atoms with Crippen LogP contribution in [-0.2, 0) is 6.18 Å². The highest BCUT2D eigenvalue weighted by Crippen LogP contribution is 2.38. The zero-order chi connectivity index (χ0) is 16.4. The first-order valence-electron chi connectivity index (χ1n) is 6.32. The lowest BCUT2D eigenvalue weighted by Gasteiger charge is -2.07. The van der Waals surface area contributed by atoms with Gasteiger partial charge < -0.3 is 4.42 Å². The van der Waals surface area contributed by atoms with Crippen molar-refractivity contribution in [2.75, 3.05) is 0 Å². The lowest BCUT2D eigenvalue weighted by molar-refractivity contribution is -0.136. The second kappa shape index (κ2) is 4.78. The monoisotopic (exact) mass is 402 g/mol. The molecule has 0 saturated heterocycles. The van der Waals surface area contributed by atoms with E-state index >= 15 is 0 Å². The van der Waals surface area contributed by atoms with Gasteiger partial charge in [-0.3, -0.25) is 0 Å². The van der Waals surface area contributed by atoms with Crippen molar-refractivity contribution < 1.29 is 17.6 Å². The van der Waals surface area contributed by atoms with Crippen molar-refractivity contribution in [3.63, 3.8) is 0 Å². The third-order valence-electron chi connectivity index (χ3n) is 3.21. The molecule has 0 spiro atoms. The largest absolute Gasteiger partial charge is 0.436 e. The van der Waals surface area contributed by atoms with Crippen LogP contribution >= 0.6 is 27.3 Å². The van der Waals surface area contributed by atoms with Crippen molar-refractivity contribution >= 4 is 43.3 Å². The van der Waals surface area contributed by atoms with Crippen molar-refractivity contribution in [1.29, 1.82) is 0 Å². The Morgan fingerprint density at radius 2 is 2.04 bits per heavy atom. The molecular formula is C13H6BrF3N4OS. The number of furan rings is 1. The maximum absolute atomic E-state index is 13.2. The second-order valence-corrected chi connectivity index (χ2v) is 7.08. The number of aryl methyl sites for hydroxylation is 1. The summed E-state index contributed by atoms with van der Waals surface area (Å²) in [6.07, 6.45) is -2.89. The SMILES string of the molecule is Cc1cc(C(F)(F)F)c2cc(-c3cn4nc(Br)sc4n3)oc2n1. The number of fused-ring (bicyclic) bond motifs is 2. The van der Waals surface area contributed by atoms with Gasteiger partial charge in [-0.25, -0.2) is 14.5 Å². The molecule has 0 bridgehead atoms. The van der Waals surface area contributed by atoms with E-state index in [1.807, 2.05) is 0 Å². The molecule has 0 fully saturated rings. The zero-order valence-electron chi connectivity index (χ0n) is 11.3. The molecule has 0 unspecified atom stereocenters. The number of hydrogen-bond acceptors (Lipinski definition) is 5. The molecular weight excluding hydrogens is 397 g/mol.